The van der Waals surface area contributed by atoms with Crippen LogP contribution in [0.5, 0.6) is 0 Å². The van der Waals surface area contributed by atoms with Gasteiger partial charge in [-0.3, -0.25) is 4.79 Å². The molecule has 0 saturated carbocycles. The molecule has 0 saturated heterocycles. The van der Waals surface area contributed by atoms with E-state index in [-0.39, 0.29) is 23.3 Å². The predicted octanol–water partition coefficient (Wildman–Crippen LogP) is 1.11. The smallest absolute Gasteiger partial charge is 0.221 e. The third kappa shape index (κ3) is 2.59. The van der Waals surface area contributed by atoms with E-state index in [1.54, 1.807) is 0 Å². The molecule has 0 aromatic heterocycles. The average molecular weight is 272 g/mol. The van der Waals surface area contributed by atoms with Crippen molar-refractivity contribution in [1.29, 1.82) is 0 Å². The zero-order valence-corrected chi connectivity index (χ0v) is 11.9. The van der Waals surface area contributed by atoms with E-state index in [1.807, 2.05) is 38.1 Å². The van der Waals surface area contributed by atoms with Gasteiger partial charge in [0.15, 0.2) is 0 Å². The summed E-state index contributed by atoms with van der Waals surface area (Å²) in [5.41, 5.74) is 2.42. The van der Waals surface area contributed by atoms with Gasteiger partial charge in [0.1, 0.15) is 0 Å². The van der Waals surface area contributed by atoms with Crippen molar-refractivity contribution in [3.63, 3.8) is 0 Å². The van der Waals surface area contributed by atoms with Crippen molar-refractivity contribution >= 4 is 17.6 Å². The molecule has 0 spiro atoms. The summed E-state index contributed by atoms with van der Waals surface area (Å²) in [6.07, 6.45) is 0.653. The third-order valence-corrected chi connectivity index (χ3v) is 3.69. The van der Waals surface area contributed by atoms with Gasteiger partial charge in [-0.2, -0.15) is 0 Å². The van der Waals surface area contributed by atoms with E-state index in [0.717, 1.165) is 11.1 Å². The standard InChI is InChI=1S/C16H19NO3/c1-9(2)13-8-11-6-4-5-7-12(11)15(17-10(3)18)14(13)16(19)20/h4-7,9,13H,8H2,1-3H3,(H,17,18)(H,19,20)/p-1/t13-/m0/s1. The van der Waals surface area contributed by atoms with E-state index in [1.165, 1.54) is 6.92 Å². The number of hydrogen-bond donors (Lipinski definition) is 1. The Morgan fingerprint density at radius 2 is 1.95 bits per heavy atom. The van der Waals surface area contributed by atoms with Crippen LogP contribution >= 0.6 is 0 Å². The minimum absolute atomic E-state index is 0.153. The Morgan fingerprint density at radius 1 is 1.30 bits per heavy atom. The van der Waals surface area contributed by atoms with Gasteiger partial charge in [-0.25, -0.2) is 0 Å². The van der Waals surface area contributed by atoms with Crippen molar-refractivity contribution in [1.82, 2.24) is 5.32 Å². The average Bonchev–Trinajstić information content (AvgIpc) is 2.37. The summed E-state index contributed by atoms with van der Waals surface area (Å²) < 4.78 is 0. The second-order valence-corrected chi connectivity index (χ2v) is 5.47. The van der Waals surface area contributed by atoms with Gasteiger partial charge in [-0.05, 0) is 23.8 Å². The molecule has 1 aliphatic rings. The molecule has 4 nitrogen and oxygen atoms in total. The highest BCUT2D eigenvalue weighted by atomic mass is 16.4. The molecule has 0 radical (unpaired) electrons. The number of fused-ring (bicyclic) bond motifs is 1. The topological polar surface area (TPSA) is 69.2 Å². The van der Waals surface area contributed by atoms with Crippen LogP contribution in [0.3, 0.4) is 0 Å². The largest absolute Gasteiger partial charge is 0.545 e. The summed E-state index contributed by atoms with van der Waals surface area (Å²) in [6.45, 7) is 5.33. The molecular formula is C16H18NO3-. The molecule has 1 atom stereocenters. The Balaban J connectivity index is 2.66. The van der Waals surface area contributed by atoms with Crippen LogP contribution in [0.4, 0.5) is 0 Å². The number of amides is 1. The summed E-state index contributed by atoms with van der Waals surface area (Å²) >= 11 is 0. The van der Waals surface area contributed by atoms with E-state index in [9.17, 15) is 14.7 Å². The molecule has 0 aliphatic heterocycles. The van der Waals surface area contributed by atoms with Gasteiger partial charge in [-0.15, -0.1) is 0 Å². The maximum atomic E-state index is 11.6. The molecule has 20 heavy (non-hydrogen) atoms. The van der Waals surface area contributed by atoms with Crippen molar-refractivity contribution in [3.8, 4) is 0 Å². The lowest BCUT2D eigenvalue weighted by atomic mass is 9.76. The van der Waals surface area contributed by atoms with Crippen molar-refractivity contribution in [2.45, 2.75) is 27.2 Å². The lowest BCUT2D eigenvalue weighted by molar-refractivity contribution is -0.300. The van der Waals surface area contributed by atoms with E-state index >= 15 is 0 Å². The number of rotatable bonds is 3. The van der Waals surface area contributed by atoms with Crippen LogP contribution < -0.4 is 10.4 Å². The summed E-state index contributed by atoms with van der Waals surface area (Å²) in [6, 6.07) is 7.56. The molecule has 0 unspecified atom stereocenters. The van der Waals surface area contributed by atoms with Crippen LogP contribution in [-0.2, 0) is 16.0 Å². The fraction of sp³-hybridized carbons (Fsp3) is 0.375. The molecule has 0 fully saturated rings. The Bertz CT molecular complexity index is 587. The molecule has 1 aromatic rings. The van der Waals surface area contributed by atoms with Crippen LogP contribution in [0.25, 0.3) is 5.70 Å². The number of carbonyl (C=O) groups excluding carboxylic acids is 2. The van der Waals surface area contributed by atoms with Crippen LogP contribution in [0.1, 0.15) is 31.9 Å². The van der Waals surface area contributed by atoms with E-state index in [0.29, 0.717) is 12.1 Å². The summed E-state index contributed by atoms with van der Waals surface area (Å²) in [5.74, 6) is -1.49. The lowest BCUT2D eigenvalue weighted by Crippen LogP contribution is -2.37. The number of carbonyl (C=O) groups is 2. The number of aliphatic carboxylic acids is 1. The number of nitrogens with one attached hydrogen (secondary N) is 1. The SMILES string of the molecule is CC(=O)NC1=C(C(=O)[O-])[C@H](C(C)C)Cc2ccccc21. The molecule has 0 heterocycles. The molecule has 0 bridgehead atoms. The third-order valence-electron chi connectivity index (χ3n) is 3.69. The first-order chi connectivity index (χ1) is 9.41. The highest BCUT2D eigenvalue weighted by Crippen LogP contribution is 2.36. The fourth-order valence-electron chi connectivity index (χ4n) is 2.74. The highest BCUT2D eigenvalue weighted by molar-refractivity contribution is 6.00. The van der Waals surface area contributed by atoms with Gasteiger partial charge in [0.25, 0.3) is 0 Å². The van der Waals surface area contributed by atoms with Gasteiger partial charge in [0, 0.05) is 18.1 Å². The van der Waals surface area contributed by atoms with E-state index < -0.39 is 5.97 Å². The summed E-state index contributed by atoms with van der Waals surface area (Å²) in [5, 5.41) is 14.2. The molecule has 1 amide bonds. The second kappa shape index (κ2) is 5.49. The van der Waals surface area contributed by atoms with Crippen molar-refractivity contribution in [2.75, 3.05) is 0 Å². The molecule has 106 valence electrons. The first kappa shape index (κ1) is 14.3. The molecular weight excluding hydrogens is 254 g/mol. The van der Waals surface area contributed by atoms with Crippen LogP contribution in [0.15, 0.2) is 29.8 Å². The monoisotopic (exact) mass is 272 g/mol. The van der Waals surface area contributed by atoms with E-state index in [4.69, 9.17) is 0 Å². The number of carboxylic acid groups (broad SMARTS) is 1. The number of hydrogen-bond acceptors (Lipinski definition) is 3. The quantitative estimate of drug-likeness (QED) is 0.896. The Hall–Kier alpha value is -2.10. The van der Waals surface area contributed by atoms with Crippen LogP contribution in [-0.4, -0.2) is 11.9 Å². The number of benzene rings is 1. The Labute approximate surface area is 118 Å². The Kier molecular flexibility index (Phi) is 3.93. The van der Waals surface area contributed by atoms with Crippen molar-refractivity contribution in [2.24, 2.45) is 11.8 Å². The molecule has 4 heteroatoms. The zero-order chi connectivity index (χ0) is 14.9. The molecule has 2 rings (SSSR count). The number of carboxylic acids is 1. The normalized spacial score (nSPS) is 17.9. The minimum atomic E-state index is -1.21. The van der Waals surface area contributed by atoms with Gasteiger partial charge >= 0.3 is 0 Å². The molecule has 1 aliphatic carbocycles. The predicted molar refractivity (Wildman–Crippen MR) is 74.2 cm³/mol. The van der Waals surface area contributed by atoms with Crippen LogP contribution in [0.2, 0.25) is 0 Å². The first-order valence-electron chi connectivity index (χ1n) is 6.73. The van der Waals surface area contributed by atoms with Gasteiger partial charge in [-0.1, -0.05) is 38.1 Å². The van der Waals surface area contributed by atoms with Crippen molar-refractivity contribution < 1.29 is 14.7 Å². The van der Waals surface area contributed by atoms with Gasteiger partial charge in [0.2, 0.25) is 5.91 Å². The summed E-state index contributed by atoms with van der Waals surface area (Å²) in [4.78, 5) is 23.0. The lowest BCUT2D eigenvalue weighted by Gasteiger charge is -2.33. The fourth-order valence-corrected chi connectivity index (χ4v) is 2.74. The maximum absolute atomic E-state index is 11.6. The van der Waals surface area contributed by atoms with Crippen molar-refractivity contribution in [3.05, 3.63) is 41.0 Å². The highest BCUT2D eigenvalue weighted by Gasteiger charge is 2.30. The maximum Gasteiger partial charge on any atom is 0.221 e. The first-order valence-corrected chi connectivity index (χ1v) is 6.73. The molecule has 1 aromatic carbocycles. The second-order valence-electron chi connectivity index (χ2n) is 5.47. The minimum Gasteiger partial charge on any atom is -0.545 e. The zero-order valence-electron chi connectivity index (χ0n) is 11.9. The summed E-state index contributed by atoms with van der Waals surface area (Å²) in [7, 11) is 0. The Morgan fingerprint density at radius 3 is 2.50 bits per heavy atom. The van der Waals surface area contributed by atoms with Gasteiger partial charge < -0.3 is 15.2 Å². The molecule has 1 N–H and O–H groups in total. The van der Waals surface area contributed by atoms with Crippen LogP contribution in [0, 0.1) is 11.8 Å². The van der Waals surface area contributed by atoms with E-state index in [2.05, 4.69) is 5.32 Å². The van der Waals surface area contributed by atoms with Gasteiger partial charge in [0.05, 0.1) is 11.7 Å².